The van der Waals surface area contributed by atoms with Crippen molar-refractivity contribution >= 4 is 12.4 Å². The largest absolute Gasteiger partial charge is 0.339 e. The molecule has 0 amide bonds. The van der Waals surface area contributed by atoms with E-state index in [1.165, 1.54) is 12.8 Å². The molecule has 0 radical (unpaired) electrons. The van der Waals surface area contributed by atoms with Crippen LogP contribution in [0.2, 0.25) is 0 Å². The lowest BCUT2D eigenvalue weighted by molar-refractivity contribution is 0.111. The van der Waals surface area contributed by atoms with Crippen molar-refractivity contribution in [2.75, 3.05) is 13.1 Å². The van der Waals surface area contributed by atoms with Crippen molar-refractivity contribution in [2.45, 2.75) is 45.7 Å². The van der Waals surface area contributed by atoms with E-state index in [1.54, 1.807) is 0 Å². The maximum absolute atomic E-state index is 5.83. The molecule has 1 aromatic rings. The molecule has 6 heteroatoms. The van der Waals surface area contributed by atoms with Gasteiger partial charge in [0.25, 0.3) is 0 Å². The molecule has 1 fully saturated rings. The monoisotopic (exact) mass is 274 g/mol. The van der Waals surface area contributed by atoms with Gasteiger partial charge in [-0.3, -0.25) is 4.90 Å². The molecular formula is C12H23ClN4O. The number of aromatic nitrogens is 2. The number of nitrogens with two attached hydrogens (primary N) is 1. The maximum atomic E-state index is 5.83. The van der Waals surface area contributed by atoms with Crippen LogP contribution in [0.15, 0.2) is 4.52 Å². The third kappa shape index (κ3) is 3.67. The Morgan fingerprint density at radius 2 is 2.28 bits per heavy atom. The second-order valence-corrected chi connectivity index (χ2v) is 4.95. The first kappa shape index (κ1) is 15.4. The molecule has 1 aromatic heterocycles. The van der Waals surface area contributed by atoms with Crippen molar-refractivity contribution in [2.24, 2.45) is 11.7 Å². The maximum Gasteiger partial charge on any atom is 0.226 e. The van der Waals surface area contributed by atoms with Crippen molar-refractivity contribution in [1.82, 2.24) is 15.0 Å². The quantitative estimate of drug-likeness (QED) is 0.903. The summed E-state index contributed by atoms with van der Waals surface area (Å²) in [6.07, 6.45) is 3.20. The van der Waals surface area contributed by atoms with Crippen LogP contribution in [-0.2, 0) is 13.0 Å². The van der Waals surface area contributed by atoms with E-state index in [0.717, 1.165) is 37.1 Å². The average molecular weight is 275 g/mol. The van der Waals surface area contributed by atoms with E-state index in [4.69, 9.17) is 10.3 Å². The molecule has 1 aliphatic heterocycles. The Labute approximate surface area is 115 Å². The summed E-state index contributed by atoms with van der Waals surface area (Å²) < 4.78 is 5.13. The van der Waals surface area contributed by atoms with Crippen LogP contribution < -0.4 is 5.73 Å². The molecule has 2 rings (SSSR count). The van der Waals surface area contributed by atoms with E-state index in [2.05, 4.69) is 22.0 Å². The van der Waals surface area contributed by atoms with Crippen molar-refractivity contribution < 1.29 is 4.52 Å². The van der Waals surface area contributed by atoms with Gasteiger partial charge in [-0.1, -0.05) is 19.0 Å². The Bertz CT molecular complexity index is 358. The second-order valence-electron chi connectivity index (χ2n) is 4.95. The molecule has 104 valence electrons. The minimum absolute atomic E-state index is 0. The molecule has 2 N–H and O–H groups in total. The van der Waals surface area contributed by atoms with Crippen LogP contribution in [0, 0.1) is 5.92 Å². The zero-order chi connectivity index (χ0) is 12.3. The summed E-state index contributed by atoms with van der Waals surface area (Å²) in [5.41, 5.74) is 5.83. The van der Waals surface area contributed by atoms with Crippen LogP contribution in [0.4, 0.5) is 0 Å². The summed E-state index contributed by atoms with van der Waals surface area (Å²) in [5.74, 6) is 2.28. The minimum atomic E-state index is 0. The molecule has 1 saturated heterocycles. The number of likely N-dealkylation sites (tertiary alicyclic amines) is 1. The predicted octanol–water partition coefficient (Wildman–Crippen LogP) is 1.61. The number of hydrogen-bond donors (Lipinski definition) is 1. The van der Waals surface area contributed by atoms with Crippen LogP contribution in [0.1, 0.15) is 38.4 Å². The molecular weight excluding hydrogens is 252 g/mol. The number of hydrogen-bond acceptors (Lipinski definition) is 5. The van der Waals surface area contributed by atoms with Crippen molar-refractivity contribution in [3.8, 4) is 0 Å². The molecule has 2 heterocycles. The van der Waals surface area contributed by atoms with E-state index in [-0.39, 0.29) is 12.4 Å². The second kappa shape index (κ2) is 7.07. The highest BCUT2D eigenvalue weighted by atomic mass is 35.5. The summed E-state index contributed by atoms with van der Waals surface area (Å²) in [6, 6.07) is 0.460. The van der Waals surface area contributed by atoms with Gasteiger partial charge in [-0.25, -0.2) is 0 Å². The lowest BCUT2D eigenvalue weighted by Gasteiger charge is -2.37. The average Bonchev–Trinajstić information content (AvgIpc) is 2.79. The number of nitrogens with zero attached hydrogens (tertiary/aromatic N) is 3. The summed E-state index contributed by atoms with van der Waals surface area (Å²) in [4.78, 5) is 6.73. The standard InChI is InChI=1S/C12H22N4O.ClH/c1-3-12-14-11(15-17-12)8-16-5-4-9(2)6-10(16)7-13;/h9-10H,3-8,13H2,1-2H3;1H. The molecule has 0 saturated carbocycles. The minimum Gasteiger partial charge on any atom is -0.339 e. The van der Waals surface area contributed by atoms with Crippen molar-refractivity contribution in [1.29, 1.82) is 0 Å². The third-order valence-corrected chi connectivity index (χ3v) is 3.53. The summed E-state index contributed by atoms with van der Waals surface area (Å²) in [7, 11) is 0. The first-order chi connectivity index (χ1) is 8.22. The van der Waals surface area contributed by atoms with Gasteiger partial charge in [0.1, 0.15) is 0 Å². The predicted molar refractivity (Wildman–Crippen MR) is 72.6 cm³/mol. The molecule has 1 aliphatic rings. The van der Waals surface area contributed by atoms with E-state index in [0.29, 0.717) is 12.6 Å². The molecule has 18 heavy (non-hydrogen) atoms. The van der Waals surface area contributed by atoms with E-state index in [9.17, 15) is 0 Å². The molecule has 0 aromatic carbocycles. The van der Waals surface area contributed by atoms with E-state index in [1.807, 2.05) is 6.92 Å². The molecule has 2 unspecified atom stereocenters. The van der Waals surface area contributed by atoms with Gasteiger partial charge in [0, 0.05) is 19.0 Å². The fourth-order valence-electron chi connectivity index (χ4n) is 2.43. The Balaban J connectivity index is 0.00000162. The zero-order valence-electron chi connectivity index (χ0n) is 11.1. The summed E-state index contributed by atoms with van der Waals surface area (Å²) in [5, 5.41) is 4.00. The van der Waals surface area contributed by atoms with Gasteiger partial charge in [0.2, 0.25) is 5.89 Å². The molecule has 5 nitrogen and oxygen atoms in total. The lowest BCUT2D eigenvalue weighted by Crippen LogP contribution is -2.45. The lowest BCUT2D eigenvalue weighted by atomic mass is 9.92. The van der Waals surface area contributed by atoms with Gasteiger partial charge >= 0.3 is 0 Å². The van der Waals surface area contributed by atoms with Crippen LogP contribution in [-0.4, -0.2) is 34.2 Å². The van der Waals surface area contributed by atoms with Gasteiger partial charge in [-0.15, -0.1) is 12.4 Å². The summed E-state index contributed by atoms with van der Waals surface area (Å²) in [6.45, 7) is 6.87. The van der Waals surface area contributed by atoms with Crippen molar-refractivity contribution in [3.63, 3.8) is 0 Å². The van der Waals surface area contributed by atoms with Crippen LogP contribution in [0.5, 0.6) is 0 Å². The first-order valence-corrected chi connectivity index (χ1v) is 6.48. The van der Waals surface area contributed by atoms with Gasteiger partial charge in [0.15, 0.2) is 5.82 Å². The van der Waals surface area contributed by atoms with Crippen LogP contribution >= 0.6 is 12.4 Å². The first-order valence-electron chi connectivity index (χ1n) is 6.48. The van der Waals surface area contributed by atoms with Crippen LogP contribution in [0.3, 0.4) is 0 Å². The number of aryl methyl sites for hydroxylation is 1. The zero-order valence-corrected chi connectivity index (χ0v) is 11.9. The summed E-state index contributed by atoms with van der Waals surface area (Å²) >= 11 is 0. The van der Waals surface area contributed by atoms with Crippen LogP contribution in [0.25, 0.3) is 0 Å². The molecule has 0 aliphatic carbocycles. The normalized spacial score (nSPS) is 24.8. The fourth-order valence-corrected chi connectivity index (χ4v) is 2.43. The third-order valence-electron chi connectivity index (χ3n) is 3.53. The molecule has 2 atom stereocenters. The SMILES string of the molecule is CCc1nc(CN2CCC(C)CC2CN)no1.Cl. The van der Waals surface area contributed by atoms with E-state index >= 15 is 0 Å². The van der Waals surface area contributed by atoms with Gasteiger partial charge in [-0.2, -0.15) is 4.98 Å². The molecule has 0 spiro atoms. The van der Waals surface area contributed by atoms with Gasteiger partial charge in [0.05, 0.1) is 6.54 Å². The van der Waals surface area contributed by atoms with Gasteiger partial charge in [-0.05, 0) is 25.3 Å². The topological polar surface area (TPSA) is 68.2 Å². The molecule has 0 bridgehead atoms. The van der Waals surface area contributed by atoms with E-state index < -0.39 is 0 Å². The Hall–Kier alpha value is -0.650. The number of halogens is 1. The number of rotatable bonds is 4. The van der Waals surface area contributed by atoms with Gasteiger partial charge < -0.3 is 10.3 Å². The number of piperidine rings is 1. The highest BCUT2D eigenvalue weighted by Crippen LogP contribution is 2.22. The smallest absolute Gasteiger partial charge is 0.226 e. The Kier molecular flexibility index (Phi) is 6.05. The Morgan fingerprint density at radius 1 is 1.50 bits per heavy atom. The highest BCUT2D eigenvalue weighted by Gasteiger charge is 2.26. The Morgan fingerprint density at radius 3 is 2.89 bits per heavy atom. The van der Waals surface area contributed by atoms with Crippen molar-refractivity contribution in [3.05, 3.63) is 11.7 Å². The highest BCUT2D eigenvalue weighted by molar-refractivity contribution is 5.85. The fraction of sp³-hybridized carbons (Fsp3) is 0.833.